The number of nitrogens with two attached hydrogens (primary N) is 1. The summed E-state index contributed by atoms with van der Waals surface area (Å²) in [5, 5.41) is 7.15. The third-order valence-electron chi connectivity index (χ3n) is 3.55. The molecule has 0 aliphatic heterocycles. The third-order valence-corrected chi connectivity index (χ3v) is 3.55. The van der Waals surface area contributed by atoms with E-state index in [-0.39, 0.29) is 11.3 Å². The summed E-state index contributed by atoms with van der Waals surface area (Å²) in [4.78, 5) is 12.1. The van der Waals surface area contributed by atoms with Crippen molar-refractivity contribution < 1.29 is 4.79 Å². The smallest absolute Gasteiger partial charge is 0.227 e. The summed E-state index contributed by atoms with van der Waals surface area (Å²) in [6.07, 6.45) is 3.67. The number of amides is 1. The highest BCUT2D eigenvalue weighted by molar-refractivity contribution is 5.83. The molecule has 94 valence electrons. The van der Waals surface area contributed by atoms with Crippen molar-refractivity contribution in [3.8, 4) is 0 Å². The van der Waals surface area contributed by atoms with Crippen LogP contribution >= 0.6 is 0 Å². The van der Waals surface area contributed by atoms with Gasteiger partial charge in [-0.3, -0.25) is 9.48 Å². The van der Waals surface area contributed by atoms with Gasteiger partial charge in [-0.25, -0.2) is 0 Å². The van der Waals surface area contributed by atoms with E-state index in [2.05, 4.69) is 17.3 Å². The first-order valence-electron chi connectivity index (χ1n) is 6.03. The first-order chi connectivity index (χ1) is 8.05. The Morgan fingerprint density at radius 3 is 2.88 bits per heavy atom. The fourth-order valence-electron chi connectivity index (χ4n) is 2.63. The van der Waals surface area contributed by atoms with Gasteiger partial charge in [-0.2, -0.15) is 5.10 Å². The molecule has 1 aliphatic rings. The van der Waals surface area contributed by atoms with Crippen molar-refractivity contribution in [2.45, 2.75) is 26.3 Å². The fourth-order valence-corrected chi connectivity index (χ4v) is 2.63. The van der Waals surface area contributed by atoms with Crippen molar-refractivity contribution in [3.05, 3.63) is 18.0 Å². The van der Waals surface area contributed by atoms with Gasteiger partial charge in [0.15, 0.2) is 0 Å². The molecule has 1 fully saturated rings. The third kappa shape index (κ3) is 2.34. The number of carbonyl (C=O) groups excluding carboxylic acids is 1. The molecule has 5 nitrogen and oxygen atoms in total. The number of hydrogen-bond donors (Lipinski definition) is 2. The highest BCUT2D eigenvalue weighted by Gasteiger charge is 2.46. The van der Waals surface area contributed by atoms with Gasteiger partial charge in [0.05, 0.1) is 17.7 Å². The summed E-state index contributed by atoms with van der Waals surface area (Å²) in [6, 6.07) is 1.90. The van der Waals surface area contributed by atoms with Crippen molar-refractivity contribution in [2.75, 3.05) is 6.54 Å². The van der Waals surface area contributed by atoms with E-state index in [1.807, 2.05) is 19.3 Å². The van der Waals surface area contributed by atoms with E-state index < -0.39 is 0 Å². The van der Waals surface area contributed by atoms with E-state index in [0.29, 0.717) is 19.0 Å². The molecule has 0 atom stereocenters. The second-order valence-electron chi connectivity index (χ2n) is 5.16. The van der Waals surface area contributed by atoms with Crippen LogP contribution in [-0.4, -0.2) is 22.2 Å². The van der Waals surface area contributed by atoms with Gasteiger partial charge in [-0.05, 0) is 24.8 Å². The molecule has 0 bridgehead atoms. The zero-order valence-electron chi connectivity index (χ0n) is 10.4. The Labute approximate surface area is 101 Å². The molecule has 1 aromatic heterocycles. The molecular weight excluding hydrogens is 216 g/mol. The van der Waals surface area contributed by atoms with E-state index in [4.69, 9.17) is 5.73 Å². The molecule has 3 N–H and O–H groups in total. The van der Waals surface area contributed by atoms with E-state index in [9.17, 15) is 4.79 Å². The van der Waals surface area contributed by atoms with Gasteiger partial charge in [0.25, 0.3) is 0 Å². The lowest BCUT2D eigenvalue weighted by molar-refractivity contribution is -0.138. The van der Waals surface area contributed by atoms with Gasteiger partial charge in [0.1, 0.15) is 0 Å². The van der Waals surface area contributed by atoms with Crippen LogP contribution in [0.5, 0.6) is 0 Å². The summed E-state index contributed by atoms with van der Waals surface area (Å²) in [5.41, 5.74) is 6.27. The molecule has 1 aliphatic carbocycles. The second kappa shape index (κ2) is 4.49. The molecule has 0 aromatic carbocycles. The standard InChI is InChI=1S/C12H20N4O/c1-9-5-12(6-9,8-13)11(17)14-7-10-3-4-16(2)15-10/h3-4,9H,5-8,13H2,1-2H3,(H,14,17). The van der Waals surface area contributed by atoms with Gasteiger partial charge in [0.2, 0.25) is 5.91 Å². The van der Waals surface area contributed by atoms with E-state index in [0.717, 1.165) is 18.5 Å². The molecule has 5 heteroatoms. The number of aryl methyl sites for hydroxylation is 1. The van der Waals surface area contributed by atoms with Crippen LogP contribution in [-0.2, 0) is 18.4 Å². The minimum Gasteiger partial charge on any atom is -0.350 e. The van der Waals surface area contributed by atoms with Crippen LogP contribution < -0.4 is 11.1 Å². The highest BCUT2D eigenvalue weighted by Crippen LogP contribution is 2.44. The average Bonchev–Trinajstić information content (AvgIpc) is 2.67. The second-order valence-corrected chi connectivity index (χ2v) is 5.16. The van der Waals surface area contributed by atoms with Crippen LogP contribution in [0.25, 0.3) is 0 Å². The molecule has 1 heterocycles. The number of carbonyl (C=O) groups is 1. The lowest BCUT2D eigenvalue weighted by Crippen LogP contribution is -2.53. The van der Waals surface area contributed by atoms with Gasteiger partial charge in [-0.15, -0.1) is 0 Å². The fraction of sp³-hybridized carbons (Fsp3) is 0.667. The Morgan fingerprint density at radius 2 is 2.41 bits per heavy atom. The van der Waals surface area contributed by atoms with Crippen LogP contribution in [0.2, 0.25) is 0 Å². The highest BCUT2D eigenvalue weighted by atomic mass is 16.2. The quantitative estimate of drug-likeness (QED) is 0.795. The van der Waals surface area contributed by atoms with Gasteiger partial charge in [0, 0.05) is 19.8 Å². The zero-order chi connectivity index (χ0) is 12.5. The number of nitrogens with zero attached hydrogens (tertiary/aromatic N) is 2. The van der Waals surface area contributed by atoms with Crippen molar-refractivity contribution in [1.82, 2.24) is 15.1 Å². The molecule has 0 spiro atoms. The van der Waals surface area contributed by atoms with Crippen molar-refractivity contribution in [2.24, 2.45) is 24.1 Å². The van der Waals surface area contributed by atoms with E-state index in [1.165, 1.54) is 0 Å². The molecule has 1 amide bonds. The Morgan fingerprint density at radius 1 is 1.71 bits per heavy atom. The molecule has 1 saturated carbocycles. The number of nitrogens with one attached hydrogen (secondary N) is 1. The van der Waals surface area contributed by atoms with Crippen LogP contribution in [0, 0.1) is 11.3 Å². The van der Waals surface area contributed by atoms with Gasteiger partial charge < -0.3 is 11.1 Å². The maximum Gasteiger partial charge on any atom is 0.227 e. The minimum atomic E-state index is -0.325. The predicted octanol–water partition coefficient (Wildman–Crippen LogP) is 0.411. The monoisotopic (exact) mass is 236 g/mol. The van der Waals surface area contributed by atoms with Crippen LogP contribution in [0.15, 0.2) is 12.3 Å². The molecule has 17 heavy (non-hydrogen) atoms. The van der Waals surface area contributed by atoms with Crippen LogP contribution in [0.4, 0.5) is 0 Å². The maximum absolute atomic E-state index is 12.1. The SMILES string of the molecule is CC1CC(CN)(C(=O)NCc2ccn(C)n2)C1. The molecule has 0 unspecified atom stereocenters. The van der Waals surface area contributed by atoms with Crippen LogP contribution in [0.1, 0.15) is 25.5 Å². The lowest BCUT2D eigenvalue weighted by atomic mass is 9.62. The van der Waals surface area contributed by atoms with Gasteiger partial charge >= 0.3 is 0 Å². The summed E-state index contributed by atoms with van der Waals surface area (Å²) < 4.78 is 1.73. The normalized spacial score (nSPS) is 27.6. The average molecular weight is 236 g/mol. The number of rotatable bonds is 4. The summed E-state index contributed by atoms with van der Waals surface area (Å²) in [6.45, 7) is 3.07. The summed E-state index contributed by atoms with van der Waals surface area (Å²) in [7, 11) is 1.86. The summed E-state index contributed by atoms with van der Waals surface area (Å²) >= 11 is 0. The first kappa shape index (κ1) is 12.1. The molecular formula is C12H20N4O. The van der Waals surface area contributed by atoms with Crippen LogP contribution in [0.3, 0.4) is 0 Å². The van der Waals surface area contributed by atoms with E-state index in [1.54, 1.807) is 4.68 Å². The Bertz CT molecular complexity index is 406. The maximum atomic E-state index is 12.1. The lowest BCUT2D eigenvalue weighted by Gasteiger charge is -2.44. The number of hydrogen-bond acceptors (Lipinski definition) is 3. The Balaban J connectivity index is 1.89. The molecule has 1 aromatic rings. The molecule has 0 radical (unpaired) electrons. The molecule has 2 rings (SSSR count). The first-order valence-corrected chi connectivity index (χ1v) is 6.03. The van der Waals surface area contributed by atoms with Crippen molar-refractivity contribution >= 4 is 5.91 Å². The minimum absolute atomic E-state index is 0.0729. The zero-order valence-corrected chi connectivity index (χ0v) is 10.4. The summed E-state index contributed by atoms with van der Waals surface area (Å²) in [5.74, 6) is 0.683. The van der Waals surface area contributed by atoms with Gasteiger partial charge in [-0.1, -0.05) is 6.92 Å². The predicted molar refractivity (Wildman–Crippen MR) is 64.9 cm³/mol. The van der Waals surface area contributed by atoms with E-state index >= 15 is 0 Å². The Hall–Kier alpha value is -1.36. The van der Waals surface area contributed by atoms with Crippen molar-refractivity contribution in [1.29, 1.82) is 0 Å². The number of aromatic nitrogens is 2. The molecule has 0 saturated heterocycles. The van der Waals surface area contributed by atoms with Crippen molar-refractivity contribution in [3.63, 3.8) is 0 Å². The topological polar surface area (TPSA) is 72.9 Å². The largest absolute Gasteiger partial charge is 0.350 e. The Kier molecular flexibility index (Phi) is 3.19.